The fraction of sp³-hybridized carbons (Fsp3) is 0.370. The lowest BCUT2D eigenvalue weighted by atomic mass is 9.99. The normalized spacial score (nSPS) is 19.5. The maximum atomic E-state index is 12.4. The lowest BCUT2D eigenvalue weighted by molar-refractivity contribution is -0.131. The van der Waals surface area contributed by atoms with Crippen molar-refractivity contribution in [3.63, 3.8) is 0 Å². The van der Waals surface area contributed by atoms with Crippen molar-refractivity contribution in [2.45, 2.75) is 39.2 Å². The van der Waals surface area contributed by atoms with Crippen molar-refractivity contribution in [2.75, 3.05) is 13.1 Å². The Labute approximate surface area is 188 Å². The van der Waals surface area contributed by atoms with Crippen LogP contribution in [0, 0.1) is 18.8 Å². The fourth-order valence-electron chi connectivity index (χ4n) is 5.09. The molecular weight excluding hydrogens is 396 g/mol. The van der Waals surface area contributed by atoms with E-state index < -0.39 is 0 Å². The van der Waals surface area contributed by atoms with Crippen LogP contribution >= 0.6 is 0 Å². The van der Waals surface area contributed by atoms with Crippen LogP contribution in [0.25, 0.3) is 28.6 Å². The van der Waals surface area contributed by atoms with Crippen LogP contribution in [0.2, 0.25) is 0 Å². The van der Waals surface area contributed by atoms with Crippen LogP contribution in [0.4, 0.5) is 0 Å². The summed E-state index contributed by atoms with van der Waals surface area (Å²) in [6.07, 6.45) is 8.65. The van der Waals surface area contributed by atoms with Gasteiger partial charge < -0.3 is 9.47 Å². The molecule has 1 saturated heterocycles. The lowest BCUT2D eigenvalue weighted by Crippen LogP contribution is -2.30. The molecular formula is C27H28N4O. The summed E-state index contributed by atoms with van der Waals surface area (Å²) in [6, 6.07) is 15.4. The van der Waals surface area contributed by atoms with Crippen molar-refractivity contribution in [3.05, 3.63) is 65.5 Å². The number of hydrogen-bond acceptors (Lipinski definition) is 3. The van der Waals surface area contributed by atoms with Gasteiger partial charge in [0.05, 0.1) is 0 Å². The Bertz CT molecular complexity index is 1200. The van der Waals surface area contributed by atoms with Crippen LogP contribution in [0.1, 0.15) is 36.2 Å². The standard InChI is InChI=1S/C27H28N4O/c1-18-28-29-26(31(18)17-19-13-14-30(16-19)27(32)23-10-11-23)22-8-5-21(6-9-22)25-12-7-20-3-2-4-24(20)15-25/h2-3,5-9,12,15,19,23H,4,10-11,13-14,16-17H2,1H3/t19-/m1/s1. The molecule has 0 radical (unpaired) electrons. The number of amides is 1. The van der Waals surface area contributed by atoms with E-state index in [1.807, 2.05) is 6.92 Å². The number of likely N-dealkylation sites (tertiary alicyclic amines) is 1. The van der Waals surface area contributed by atoms with Crippen LogP contribution in [0.3, 0.4) is 0 Å². The van der Waals surface area contributed by atoms with Crippen molar-refractivity contribution in [2.24, 2.45) is 11.8 Å². The van der Waals surface area contributed by atoms with E-state index in [1.54, 1.807) is 0 Å². The highest BCUT2D eigenvalue weighted by Gasteiger charge is 2.36. The van der Waals surface area contributed by atoms with Crippen LogP contribution in [0.5, 0.6) is 0 Å². The number of rotatable bonds is 5. The predicted molar refractivity (Wildman–Crippen MR) is 126 cm³/mol. The molecule has 3 aromatic rings. The van der Waals surface area contributed by atoms with Crippen molar-refractivity contribution in [1.29, 1.82) is 0 Å². The van der Waals surface area contributed by atoms with Gasteiger partial charge in [-0.25, -0.2) is 0 Å². The summed E-state index contributed by atoms with van der Waals surface area (Å²) in [6.45, 7) is 4.63. The predicted octanol–water partition coefficient (Wildman–Crippen LogP) is 4.75. The van der Waals surface area contributed by atoms with Crippen LogP contribution < -0.4 is 0 Å². The van der Waals surface area contributed by atoms with Crippen molar-refractivity contribution < 1.29 is 4.79 Å². The number of carbonyl (C=O) groups is 1. The van der Waals surface area contributed by atoms with Gasteiger partial charge in [-0.2, -0.15) is 0 Å². The Kier molecular flexibility index (Phi) is 4.71. The van der Waals surface area contributed by atoms with Gasteiger partial charge in [0.1, 0.15) is 5.82 Å². The van der Waals surface area contributed by atoms with E-state index in [2.05, 4.69) is 74.3 Å². The van der Waals surface area contributed by atoms with Gasteiger partial charge in [0.2, 0.25) is 5.91 Å². The van der Waals surface area contributed by atoms with Gasteiger partial charge in [-0.3, -0.25) is 4.79 Å². The first-order valence-electron chi connectivity index (χ1n) is 11.7. The number of carbonyl (C=O) groups excluding carboxylic acids is 1. The molecule has 2 fully saturated rings. The maximum absolute atomic E-state index is 12.4. The van der Waals surface area contributed by atoms with Crippen LogP contribution in [0.15, 0.2) is 48.5 Å². The van der Waals surface area contributed by atoms with Crippen LogP contribution in [-0.2, 0) is 17.8 Å². The topological polar surface area (TPSA) is 51.0 Å². The van der Waals surface area contributed by atoms with Gasteiger partial charge in [-0.1, -0.05) is 54.6 Å². The zero-order chi connectivity index (χ0) is 21.7. The molecule has 162 valence electrons. The first-order chi connectivity index (χ1) is 15.7. The number of aryl methyl sites for hydroxylation is 1. The van der Waals surface area contributed by atoms with Crippen molar-refractivity contribution in [3.8, 4) is 22.5 Å². The van der Waals surface area contributed by atoms with Gasteiger partial charge >= 0.3 is 0 Å². The fourth-order valence-corrected chi connectivity index (χ4v) is 5.09. The third-order valence-electron chi connectivity index (χ3n) is 7.16. The number of benzene rings is 2. The first kappa shape index (κ1) is 19.5. The third kappa shape index (κ3) is 3.56. The smallest absolute Gasteiger partial charge is 0.225 e. The van der Waals surface area contributed by atoms with E-state index in [0.717, 1.165) is 62.5 Å². The SMILES string of the molecule is Cc1nnc(-c2ccc(-c3ccc4c(c3)CC=C4)cc2)n1C[C@@H]1CCN(C(=O)C2CC2)C1. The molecule has 0 unspecified atom stereocenters. The first-order valence-corrected chi connectivity index (χ1v) is 11.7. The summed E-state index contributed by atoms with van der Waals surface area (Å²) in [4.78, 5) is 14.5. The minimum absolute atomic E-state index is 0.307. The van der Waals surface area contributed by atoms with E-state index in [0.29, 0.717) is 17.7 Å². The molecule has 32 heavy (non-hydrogen) atoms. The molecule has 1 atom stereocenters. The largest absolute Gasteiger partial charge is 0.342 e. The number of allylic oxidation sites excluding steroid dienone is 1. The zero-order valence-electron chi connectivity index (χ0n) is 18.5. The summed E-state index contributed by atoms with van der Waals surface area (Å²) >= 11 is 0. The van der Waals surface area contributed by atoms with E-state index in [1.165, 1.54) is 22.3 Å². The molecule has 6 rings (SSSR count). The second-order valence-corrected chi connectivity index (χ2v) is 9.49. The second kappa shape index (κ2) is 7.73. The highest BCUT2D eigenvalue weighted by atomic mass is 16.2. The molecule has 0 N–H and O–H groups in total. The molecule has 1 aromatic heterocycles. The molecule has 3 aliphatic rings. The zero-order valence-corrected chi connectivity index (χ0v) is 18.5. The Balaban J connectivity index is 1.20. The molecule has 2 aliphatic carbocycles. The second-order valence-electron chi connectivity index (χ2n) is 9.49. The van der Waals surface area contributed by atoms with E-state index >= 15 is 0 Å². The molecule has 1 aliphatic heterocycles. The highest BCUT2D eigenvalue weighted by molar-refractivity contribution is 5.81. The van der Waals surface area contributed by atoms with E-state index in [9.17, 15) is 4.79 Å². The van der Waals surface area contributed by atoms with E-state index in [-0.39, 0.29) is 0 Å². The molecule has 1 saturated carbocycles. The van der Waals surface area contributed by atoms with Crippen LogP contribution in [-0.4, -0.2) is 38.7 Å². The number of nitrogens with zero attached hydrogens (tertiary/aromatic N) is 4. The number of hydrogen-bond donors (Lipinski definition) is 0. The maximum Gasteiger partial charge on any atom is 0.225 e. The Morgan fingerprint density at radius 2 is 1.78 bits per heavy atom. The molecule has 2 aromatic carbocycles. The van der Waals surface area contributed by atoms with Gasteiger partial charge in [0.25, 0.3) is 0 Å². The van der Waals surface area contributed by atoms with Gasteiger partial charge in [-0.05, 0) is 60.8 Å². The summed E-state index contributed by atoms with van der Waals surface area (Å²) in [7, 11) is 0. The Hall–Kier alpha value is -3.21. The van der Waals surface area contributed by atoms with Crippen molar-refractivity contribution in [1.82, 2.24) is 19.7 Å². The Morgan fingerprint density at radius 3 is 2.59 bits per heavy atom. The quantitative estimate of drug-likeness (QED) is 0.594. The van der Waals surface area contributed by atoms with E-state index in [4.69, 9.17) is 0 Å². The number of fused-ring (bicyclic) bond motifs is 1. The minimum Gasteiger partial charge on any atom is -0.342 e. The average molecular weight is 425 g/mol. The molecule has 1 amide bonds. The van der Waals surface area contributed by atoms with Gasteiger partial charge in [0.15, 0.2) is 5.82 Å². The molecule has 2 heterocycles. The van der Waals surface area contributed by atoms with Crippen molar-refractivity contribution >= 4 is 12.0 Å². The summed E-state index contributed by atoms with van der Waals surface area (Å²) in [5, 5.41) is 8.87. The summed E-state index contributed by atoms with van der Waals surface area (Å²) in [5.74, 6) is 2.99. The summed E-state index contributed by atoms with van der Waals surface area (Å²) < 4.78 is 2.23. The number of aromatic nitrogens is 3. The molecule has 0 bridgehead atoms. The van der Waals surface area contributed by atoms with Gasteiger partial charge in [-0.15, -0.1) is 10.2 Å². The van der Waals surface area contributed by atoms with Gasteiger partial charge in [0, 0.05) is 31.1 Å². The lowest BCUT2D eigenvalue weighted by Gasteiger charge is -2.17. The monoisotopic (exact) mass is 424 g/mol. The minimum atomic E-state index is 0.307. The average Bonchev–Trinajstić information content (AvgIpc) is 3.21. The molecule has 0 spiro atoms. The molecule has 5 heteroatoms. The Morgan fingerprint density at radius 1 is 1.00 bits per heavy atom. The highest BCUT2D eigenvalue weighted by Crippen LogP contribution is 2.34. The third-order valence-corrected chi connectivity index (χ3v) is 7.16. The summed E-state index contributed by atoms with van der Waals surface area (Å²) in [5.41, 5.74) is 6.28. The molecule has 5 nitrogen and oxygen atoms in total.